The van der Waals surface area contributed by atoms with Gasteiger partial charge in [-0.25, -0.2) is 9.18 Å². The summed E-state index contributed by atoms with van der Waals surface area (Å²) in [6.45, 7) is 23.5. The van der Waals surface area contributed by atoms with Crippen molar-refractivity contribution in [2.24, 2.45) is 5.92 Å². The zero-order valence-corrected chi connectivity index (χ0v) is 28.0. The lowest BCUT2D eigenvalue weighted by atomic mass is 9.97. The number of alkyl halides is 1. The molecule has 1 saturated heterocycles. The van der Waals surface area contributed by atoms with E-state index in [1.54, 1.807) is 0 Å². The van der Waals surface area contributed by atoms with E-state index in [2.05, 4.69) is 91.5 Å². The molecule has 214 valence electrons. The molecule has 0 unspecified atom stereocenters. The molecule has 1 saturated carbocycles. The molecule has 0 amide bonds. The van der Waals surface area contributed by atoms with Crippen molar-refractivity contribution < 1.29 is 17.4 Å². The first-order valence-electron chi connectivity index (χ1n) is 14.0. The minimum absolute atomic E-state index is 0.0401. The summed E-state index contributed by atoms with van der Waals surface area (Å²) in [5.41, 5.74) is 0.345. The number of aromatic amines is 1. The van der Waals surface area contributed by atoms with Crippen molar-refractivity contribution in [1.29, 1.82) is 0 Å². The molecule has 7 nitrogen and oxygen atoms in total. The van der Waals surface area contributed by atoms with Gasteiger partial charge in [0, 0.05) is 24.8 Å². The lowest BCUT2D eigenvalue weighted by Crippen LogP contribution is -2.66. The van der Waals surface area contributed by atoms with Gasteiger partial charge in [-0.3, -0.25) is 14.3 Å². The van der Waals surface area contributed by atoms with Gasteiger partial charge in [0.15, 0.2) is 0 Å². The highest BCUT2D eigenvalue weighted by Gasteiger charge is 2.65. The standard InChI is InChI=1S/C27H47FN2O5Si3/c1-18(2)37(19(3)4)33-17-22-16-23(30-14-12-24(31)29-26(30)32)27(28,13-15-36(9,10)11)25(22)34-38(35-37,20(5)6)21(7)8/h12,14,18-23,25H,16-17H2,1-11H3,(H,29,31,32)/t22-,23-,25-,27+/m1/s1. The topological polar surface area (TPSA) is 82.6 Å². The van der Waals surface area contributed by atoms with Gasteiger partial charge in [0.25, 0.3) is 5.56 Å². The van der Waals surface area contributed by atoms with E-state index in [-0.39, 0.29) is 34.7 Å². The molecule has 0 aromatic carbocycles. The number of hydrogen-bond donors (Lipinski definition) is 1. The van der Waals surface area contributed by atoms with Gasteiger partial charge in [0.1, 0.15) is 8.07 Å². The van der Waals surface area contributed by atoms with Crippen LogP contribution in [0, 0.1) is 17.4 Å². The minimum Gasteiger partial charge on any atom is -0.414 e. The first-order chi connectivity index (χ1) is 17.4. The molecule has 2 fully saturated rings. The van der Waals surface area contributed by atoms with E-state index in [0.717, 1.165) is 0 Å². The van der Waals surface area contributed by atoms with Crippen molar-refractivity contribution >= 4 is 25.2 Å². The van der Waals surface area contributed by atoms with Crippen LogP contribution in [0.4, 0.5) is 4.39 Å². The van der Waals surface area contributed by atoms with E-state index >= 15 is 4.39 Å². The van der Waals surface area contributed by atoms with Crippen LogP contribution in [0.5, 0.6) is 0 Å². The quantitative estimate of drug-likeness (QED) is 0.359. The highest BCUT2D eigenvalue weighted by atomic mass is 28.5. The molecule has 2 aliphatic rings. The second-order valence-electron chi connectivity index (χ2n) is 13.3. The van der Waals surface area contributed by atoms with Gasteiger partial charge < -0.3 is 13.0 Å². The van der Waals surface area contributed by atoms with E-state index < -0.39 is 54.3 Å². The average Bonchev–Trinajstić information content (AvgIpc) is 3.02. The minimum atomic E-state index is -3.09. The monoisotopic (exact) mass is 582 g/mol. The molecule has 1 aliphatic heterocycles. The van der Waals surface area contributed by atoms with Crippen LogP contribution in [0.3, 0.4) is 0 Å². The largest absolute Gasteiger partial charge is 0.414 e. The van der Waals surface area contributed by atoms with Gasteiger partial charge in [0.2, 0.25) is 5.67 Å². The maximum Gasteiger partial charge on any atom is 0.335 e. The number of H-pyrrole nitrogens is 1. The summed E-state index contributed by atoms with van der Waals surface area (Å²) in [5.74, 6) is 2.69. The second kappa shape index (κ2) is 10.9. The molecule has 38 heavy (non-hydrogen) atoms. The van der Waals surface area contributed by atoms with Crippen molar-refractivity contribution in [3.8, 4) is 11.5 Å². The van der Waals surface area contributed by atoms with E-state index in [0.29, 0.717) is 6.42 Å². The molecule has 1 aliphatic carbocycles. The Kier molecular flexibility index (Phi) is 8.99. The Morgan fingerprint density at radius 1 is 1.03 bits per heavy atom. The number of halogens is 1. The third kappa shape index (κ3) is 5.63. The smallest absolute Gasteiger partial charge is 0.335 e. The molecule has 3 rings (SSSR count). The van der Waals surface area contributed by atoms with Crippen molar-refractivity contribution in [2.45, 2.75) is 121 Å². The Morgan fingerprint density at radius 3 is 2.05 bits per heavy atom. The molecule has 1 N–H and O–H groups in total. The molecule has 11 heteroatoms. The van der Waals surface area contributed by atoms with Crippen molar-refractivity contribution in [3.05, 3.63) is 33.1 Å². The molecule has 1 aromatic heterocycles. The summed E-state index contributed by atoms with van der Waals surface area (Å²) < 4.78 is 40.2. The fourth-order valence-corrected chi connectivity index (χ4v) is 17.9. The Bertz CT molecular complexity index is 1160. The summed E-state index contributed by atoms with van der Waals surface area (Å²) in [6, 6.07) is 0.332. The van der Waals surface area contributed by atoms with Crippen LogP contribution in [-0.2, 0) is 13.0 Å². The summed E-state index contributed by atoms with van der Waals surface area (Å²) in [7, 11) is -7.86. The number of rotatable bonds is 5. The molecule has 0 bridgehead atoms. The van der Waals surface area contributed by atoms with Crippen molar-refractivity contribution in [3.63, 3.8) is 0 Å². The summed E-state index contributed by atoms with van der Waals surface area (Å²) >= 11 is 0. The van der Waals surface area contributed by atoms with E-state index in [1.165, 1.54) is 16.8 Å². The zero-order chi connectivity index (χ0) is 28.8. The van der Waals surface area contributed by atoms with Gasteiger partial charge in [-0.2, -0.15) is 0 Å². The average molecular weight is 583 g/mol. The Hall–Kier alpha value is -1.30. The zero-order valence-electron chi connectivity index (χ0n) is 25.0. The Morgan fingerprint density at radius 2 is 1.58 bits per heavy atom. The van der Waals surface area contributed by atoms with Crippen molar-refractivity contribution in [1.82, 2.24) is 9.55 Å². The summed E-state index contributed by atoms with van der Waals surface area (Å²) in [4.78, 5) is 27.0. The Labute approximate surface area is 230 Å². The van der Waals surface area contributed by atoms with Gasteiger partial charge in [-0.15, -0.1) is 5.54 Å². The molecular formula is C27H47FN2O5Si3. The van der Waals surface area contributed by atoms with Gasteiger partial charge in [0.05, 0.1) is 12.1 Å². The lowest BCUT2D eigenvalue weighted by molar-refractivity contribution is -0.0203. The summed E-state index contributed by atoms with van der Waals surface area (Å²) in [6.07, 6.45) is 0.774. The van der Waals surface area contributed by atoms with E-state index in [4.69, 9.17) is 13.0 Å². The van der Waals surface area contributed by atoms with Crippen LogP contribution in [-0.4, -0.2) is 53.1 Å². The molecule has 1 aromatic rings. The van der Waals surface area contributed by atoms with Gasteiger partial charge in [-0.1, -0.05) is 81.0 Å². The molecule has 0 radical (unpaired) electrons. The van der Waals surface area contributed by atoms with E-state index in [9.17, 15) is 9.59 Å². The molecule has 4 atom stereocenters. The highest BCUT2D eigenvalue weighted by molar-refractivity contribution is 6.84. The van der Waals surface area contributed by atoms with Crippen LogP contribution < -0.4 is 11.2 Å². The maximum absolute atomic E-state index is 17.7. The molecular weight excluding hydrogens is 536 g/mol. The SMILES string of the molecule is CC(C)[Si]1(C(C)C)OC[C@H]2C[C@@H](n3ccc(=O)[nH]c3=O)[C@@](F)(C#C[Si](C)(C)C)[C@@H]2O[Si](C(C)C)(C(C)C)O1. The fraction of sp³-hybridized carbons (Fsp3) is 0.778. The lowest BCUT2D eigenvalue weighted by Gasteiger charge is -2.52. The molecule has 0 spiro atoms. The van der Waals surface area contributed by atoms with Crippen LogP contribution in [0.15, 0.2) is 21.9 Å². The predicted molar refractivity (Wildman–Crippen MR) is 157 cm³/mol. The third-order valence-electron chi connectivity index (χ3n) is 8.04. The highest BCUT2D eigenvalue weighted by Crippen LogP contribution is 2.54. The second-order valence-corrected chi connectivity index (χ2v) is 26.9. The number of nitrogens with one attached hydrogen (secondary N) is 1. The Balaban J connectivity index is 2.28. The summed E-state index contributed by atoms with van der Waals surface area (Å²) in [5, 5.41) is 0. The van der Waals surface area contributed by atoms with Crippen molar-refractivity contribution in [2.75, 3.05) is 6.61 Å². The third-order valence-corrected chi connectivity index (χ3v) is 19.1. The van der Waals surface area contributed by atoms with Crippen LogP contribution >= 0.6 is 0 Å². The fourth-order valence-electron chi connectivity index (χ4n) is 6.03. The number of aromatic nitrogens is 2. The van der Waals surface area contributed by atoms with Gasteiger partial charge >= 0.3 is 22.8 Å². The number of hydrogen-bond acceptors (Lipinski definition) is 5. The van der Waals surface area contributed by atoms with Crippen LogP contribution in [0.1, 0.15) is 67.9 Å². The number of fused-ring (bicyclic) bond motifs is 1. The predicted octanol–water partition coefficient (Wildman–Crippen LogP) is 5.64. The van der Waals surface area contributed by atoms with Crippen LogP contribution in [0.25, 0.3) is 0 Å². The van der Waals surface area contributed by atoms with Gasteiger partial charge in [-0.05, 0) is 28.6 Å². The molecule has 2 heterocycles. The first-order valence-corrected chi connectivity index (χ1v) is 21.4. The normalized spacial score (nSPS) is 29.2. The number of nitrogens with zero attached hydrogens (tertiary/aromatic N) is 1. The maximum atomic E-state index is 17.7. The van der Waals surface area contributed by atoms with E-state index in [1.807, 2.05) is 0 Å². The first kappa shape index (κ1) is 31.2. The van der Waals surface area contributed by atoms with Crippen LogP contribution in [0.2, 0.25) is 41.8 Å².